The van der Waals surface area contributed by atoms with Crippen LogP contribution in [-0.4, -0.2) is 18.2 Å². The number of nitrogens with one attached hydrogen (secondary N) is 1. The molecule has 0 fully saturated rings. The number of anilines is 3. The van der Waals surface area contributed by atoms with Gasteiger partial charge in [0.1, 0.15) is 0 Å². The molecule has 5 heteroatoms. The highest BCUT2D eigenvalue weighted by atomic mass is 16.5. The summed E-state index contributed by atoms with van der Waals surface area (Å²) in [5.41, 5.74) is 8.59. The van der Waals surface area contributed by atoms with Crippen LogP contribution in [0.2, 0.25) is 0 Å². The number of carbonyl (C=O) groups is 1. The van der Waals surface area contributed by atoms with Gasteiger partial charge in [-0.15, -0.1) is 0 Å². The summed E-state index contributed by atoms with van der Waals surface area (Å²) in [5.74, 6) is -1.00. The van der Waals surface area contributed by atoms with Gasteiger partial charge in [0.05, 0.1) is 17.9 Å². The largest absolute Gasteiger partial charge is 0.478 e. The summed E-state index contributed by atoms with van der Waals surface area (Å²) in [6.07, 6.45) is 0. The molecular weight excluding hydrogens is 256 g/mol. The third kappa shape index (κ3) is 3.07. The van der Waals surface area contributed by atoms with Crippen molar-refractivity contribution < 1.29 is 14.6 Å². The van der Waals surface area contributed by atoms with Crippen LogP contribution in [0, 0.1) is 0 Å². The standard InChI is InChI=1S/C15H16N2O3/c1-20-9-10-4-2-3-5-13(10)17-14-8-11(16)6-7-12(14)15(18)19/h2-8,17H,9,16H2,1H3,(H,18,19). The minimum atomic E-state index is -1.00. The van der Waals surface area contributed by atoms with E-state index in [1.165, 1.54) is 6.07 Å². The first-order valence-electron chi connectivity index (χ1n) is 6.08. The molecule has 0 aromatic heterocycles. The third-order valence-corrected chi connectivity index (χ3v) is 2.86. The molecule has 4 N–H and O–H groups in total. The van der Waals surface area contributed by atoms with Crippen LogP contribution in [0.4, 0.5) is 17.1 Å². The minimum absolute atomic E-state index is 0.173. The molecular formula is C15H16N2O3. The van der Waals surface area contributed by atoms with Crippen LogP contribution in [-0.2, 0) is 11.3 Å². The van der Waals surface area contributed by atoms with Crippen molar-refractivity contribution in [2.75, 3.05) is 18.2 Å². The minimum Gasteiger partial charge on any atom is -0.478 e. The van der Waals surface area contributed by atoms with Crippen LogP contribution >= 0.6 is 0 Å². The van der Waals surface area contributed by atoms with Gasteiger partial charge < -0.3 is 20.9 Å². The van der Waals surface area contributed by atoms with Gasteiger partial charge in [0, 0.05) is 24.0 Å². The van der Waals surface area contributed by atoms with E-state index in [-0.39, 0.29) is 5.56 Å². The molecule has 0 saturated heterocycles. The zero-order valence-corrected chi connectivity index (χ0v) is 11.1. The van der Waals surface area contributed by atoms with E-state index in [4.69, 9.17) is 10.5 Å². The van der Waals surface area contributed by atoms with Crippen LogP contribution in [0.1, 0.15) is 15.9 Å². The second-order valence-corrected chi connectivity index (χ2v) is 4.33. The third-order valence-electron chi connectivity index (χ3n) is 2.86. The Kier molecular flexibility index (Phi) is 4.22. The highest BCUT2D eigenvalue weighted by Crippen LogP contribution is 2.26. The van der Waals surface area contributed by atoms with Gasteiger partial charge in [0.15, 0.2) is 0 Å². The summed E-state index contributed by atoms with van der Waals surface area (Å²) in [7, 11) is 1.61. The van der Waals surface area contributed by atoms with Gasteiger partial charge in [-0.25, -0.2) is 4.79 Å². The molecule has 0 amide bonds. The van der Waals surface area contributed by atoms with Crippen molar-refractivity contribution in [3.8, 4) is 0 Å². The maximum Gasteiger partial charge on any atom is 0.337 e. The smallest absolute Gasteiger partial charge is 0.337 e. The normalized spacial score (nSPS) is 10.2. The van der Waals surface area contributed by atoms with E-state index in [1.54, 1.807) is 19.2 Å². The Morgan fingerprint density at radius 2 is 2.00 bits per heavy atom. The van der Waals surface area contributed by atoms with Crippen LogP contribution in [0.5, 0.6) is 0 Å². The fourth-order valence-corrected chi connectivity index (χ4v) is 1.92. The number of para-hydroxylation sites is 1. The Bertz CT molecular complexity index is 626. The van der Waals surface area contributed by atoms with E-state index in [2.05, 4.69) is 5.32 Å². The number of ether oxygens (including phenoxy) is 1. The Hall–Kier alpha value is -2.53. The van der Waals surface area contributed by atoms with Crippen LogP contribution < -0.4 is 11.1 Å². The van der Waals surface area contributed by atoms with Crippen molar-refractivity contribution in [3.05, 3.63) is 53.6 Å². The average Bonchev–Trinajstić information content (AvgIpc) is 2.41. The van der Waals surface area contributed by atoms with E-state index in [0.717, 1.165) is 11.3 Å². The molecule has 0 aliphatic rings. The van der Waals surface area contributed by atoms with E-state index in [9.17, 15) is 9.90 Å². The summed E-state index contributed by atoms with van der Waals surface area (Å²) in [4.78, 5) is 11.2. The molecule has 2 aromatic rings. The van der Waals surface area contributed by atoms with E-state index < -0.39 is 5.97 Å². The SMILES string of the molecule is COCc1ccccc1Nc1cc(N)ccc1C(=O)O. The fourth-order valence-electron chi connectivity index (χ4n) is 1.92. The molecule has 20 heavy (non-hydrogen) atoms. The second-order valence-electron chi connectivity index (χ2n) is 4.33. The molecule has 2 rings (SSSR count). The number of rotatable bonds is 5. The highest BCUT2D eigenvalue weighted by Gasteiger charge is 2.11. The molecule has 0 bridgehead atoms. The van der Waals surface area contributed by atoms with Crippen molar-refractivity contribution in [1.82, 2.24) is 0 Å². The summed E-state index contributed by atoms with van der Waals surface area (Å²) in [6, 6.07) is 12.2. The highest BCUT2D eigenvalue weighted by molar-refractivity contribution is 5.96. The van der Waals surface area contributed by atoms with Gasteiger partial charge in [0.2, 0.25) is 0 Å². The first-order valence-corrected chi connectivity index (χ1v) is 6.08. The van der Waals surface area contributed by atoms with Gasteiger partial charge in [-0.1, -0.05) is 18.2 Å². The molecule has 0 saturated carbocycles. The molecule has 0 radical (unpaired) electrons. The number of nitrogens with two attached hydrogens (primary N) is 1. The lowest BCUT2D eigenvalue weighted by molar-refractivity contribution is 0.0698. The van der Waals surface area contributed by atoms with Crippen molar-refractivity contribution in [2.45, 2.75) is 6.61 Å². The van der Waals surface area contributed by atoms with Crippen LogP contribution in [0.15, 0.2) is 42.5 Å². The first-order chi connectivity index (χ1) is 9.61. The molecule has 5 nitrogen and oxygen atoms in total. The Morgan fingerprint density at radius 1 is 1.25 bits per heavy atom. The Labute approximate surface area is 117 Å². The Morgan fingerprint density at radius 3 is 2.70 bits per heavy atom. The topological polar surface area (TPSA) is 84.6 Å². The van der Waals surface area contributed by atoms with Crippen molar-refractivity contribution >= 4 is 23.0 Å². The van der Waals surface area contributed by atoms with E-state index >= 15 is 0 Å². The number of carboxylic acids is 1. The first kappa shape index (κ1) is 13.9. The summed E-state index contributed by atoms with van der Waals surface area (Å²) in [5, 5.41) is 12.3. The molecule has 2 aromatic carbocycles. The molecule has 0 aliphatic carbocycles. The Balaban J connectivity index is 2.39. The van der Waals surface area contributed by atoms with Gasteiger partial charge in [-0.05, 0) is 24.3 Å². The van der Waals surface area contributed by atoms with Gasteiger partial charge in [0.25, 0.3) is 0 Å². The lowest BCUT2D eigenvalue weighted by Gasteiger charge is -2.14. The van der Waals surface area contributed by atoms with Crippen molar-refractivity contribution in [1.29, 1.82) is 0 Å². The number of carboxylic acid groups (broad SMARTS) is 1. The van der Waals surface area contributed by atoms with Crippen molar-refractivity contribution in [3.63, 3.8) is 0 Å². The summed E-state index contributed by atoms with van der Waals surface area (Å²) in [6.45, 7) is 0.438. The number of hydrogen-bond acceptors (Lipinski definition) is 4. The number of benzene rings is 2. The maximum atomic E-state index is 11.2. The predicted molar refractivity (Wildman–Crippen MR) is 78.3 cm³/mol. The molecule has 104 valence electrons. The van der Waals surface area contributed by atoms with Crippen LogP contribution in [0.25, 0.3) is 0 Å². The molecule has 0 atom stereocenters. The lowest BCUT2D eigenvalue weighted by atomic mass is 10.1. The summed E-state index contributed by atoms with van der Waals surface area (Å²) < 4.78 is 5.13. The second kappa shape index (κ2) is 6.08. The van der Waals surface area contributed by atoms with Gasteiger partial charge in [-0.3, -0.25) is 0 Å². The van der Waals surface area contributed by atoms with Gasteiger partial charge in [-0.2, -0.15) is 0 Å². The van der Waals surface area contributed by atoms with Crippen molar-refractivity contribution in [2.24, 2.45) is 0 Å². The monoisotopic (exact) mass is 272 g/mol. The molecule has 0 heterocycles. The fraction of sp³-hybridized carbons (Fsp3) is 0.133. The quantitative estimate of drug-likeness (QED) is 0.729. The molecule has 0 unspecified atom stereocenters. The zero-order valence-electron chi connectivity index (χ0n) is 11.1. The molecule has 0 aliphatic heterocycles. The average molecular weight is 272 g/mol. The van der Waals surface area contributed by atoms with E-state index in [1.807, 2.05) is 24.3 Å². The lowest BCUT2D eigenvalue weighted by Crippen LogP contribution is -2.05. The molecule has 0 spiro atoms. The summed E-state index contributed by atoms with van der Waals surface area (Å²) >= 11 is 0. The number of aromatic carboxylic acids is 1. The predicted octanol–water partition coefficient (Wildman–Crippen LogP) is 2.86. The number of hydrogen-bond donors (Lipinski definition) is 3. The maximum absolute atomic E-state index is 11.2. The zero-order chi connectivity index (χ0) is 14.5. The number of nitrogen functional groups attached to an aromatic ring is 1. The van der Waals surface area contributed by atoms with E-state index in [0.29, 0.717) is 18.0 Å². The number of methoxy groups -OCH3 is 1. The van der Waals surface area contributed by atoms with Gasteiger partial charge >= 0.3 is 5.97 Å². The van der Waals surface area contributed by atoms with Crippen LogP contribution in [0.3, 0.4) is 0 Å².